The number of amides is 1. The minimum atomic E-state index is -0.131. The number of hydrogen-bond acceptors (Lipinski definition) is 9. The molecule has 0 spiro atoms. The number of anilines is 1. The number of nitrogens with zero attached hydrogens (tertiary/aromatic N) is 5. The first-order valence-corrected chi connectivity index (χ1v) is 14.1. The van der Waals surface area contributed by atoms with E-state index in [4.69, 9.17) is 20.4 Å². The molecule has 1 saturated heterocycles. The number of pyridine rings is 1. The Hall–Kier alpha value is -3.77. The first-order chi connectivity index (χ1) is 19.5. The average Bonchev–Trinajstić information content (AvgIpc) is 3.55. The van der Waals surface area contributed by atoms with Crippen LogP contribution in [0.1, 0.15) is 29.4 Å². The Kier molecular flexibility index (Phi) is 8.75. The summed E-state index contributed by atoms with van der Waals surface area (Å²) in [5, 5.41) is 24.4. The number of thiazole rings is 1. The number of aliphatic hydroxyl groups is 1. The van der Waals surface area contributed by atoms with Crippen LogP contribution in [0.2, 0.25) is 0 Å². The van der Waals surface area contributed by atoms with Crippen molar-refractivity contribution >= 4 is 28.6 Å². The van der Waals surface area contributed by atoms with Crippen molar-refractivity contribution < 1.29 is 14.6 Å². The average molecular weight is 560 g/mol. The summed E-state index contributed by atoms with van der Waals surface area (Å²) in [5.74, 6) is -0.131. The van der Waals surface area contributed by atoms with E-state index in [2.05, 4.69) is 26.3 Å². The Morgan fingerprint density at radius 3 is 2.60 bits per heavy atom. The third kappa shape index (κ3) is 6.18. The Balaban J connectivity index is 0.000000306. The zero-order valence-corrected chi connectivity index (χ0v) is 23.5. The second-order valence-electron chi connectivity index (χ2n) is 9.67. The standard InChI is InChI=1S/C23H20N6OS.C6H13NO2/c1-13-3-6-16(12-25-13)20-18-9-10-19-22(31-23(27-19)26-14(2)30)21(18)29(28-20)17-7-4-15(11-24)5-8-17;8-4-1-7-2-5-9-6-3-7/h3-8,11-12,24H,9-10H2,1-2H3,(H,26,27,30);8H,1-6H2. The molecule has 10 nitrogen and oxygen atoms in total. The molecule has 3 N–H and O–H groups in total. The van der Waals surface area contributed by atoms with Gasteiger partial charge in [-0.15, -0.1) is 0 Å². The topological polar surface area (TPSA) is 129 Å². The molecule has 0 atom stereocenters. The van der Waals surface area contributed by atoms with Crippen molar-refractivity contribution in [2.45, 2.75) is 26.7 Å². The highest BCUT2D eigenvalue weighted by Gasteiger charge is 2.30. The molecule has 0 radical (unpaired) electrons. The molecule has 6 rings (SSSR count). The van der Waals surface area contributed by atoms with Crippen molar-refractivity contribution in [2.24, 2.45) is 0 Å². The highest BCUT2D eigenvalue weighted by atomic mass is 32.1. The Bertz CT molecular complexity index is 1470. The smallest absolute Gasteiger partial charge is 0.223 e. The summed E-state index contributed by atoms with van der Waals surface area (Å²) in [7, 11) is 0. The van der Waals surface area contributed by atoms with Gasteiger partial charge in [0.25, 0.3) is 0 Å². The number of morpholine rings is 1. The zero-order chi connectivity index (χ0) is 28.1. The summed E-state index contributed by atoms with van der Waals surface area (Å²) < 4.78 is 7.07. The molecular weight excluding hydrogens is 526 g/mol. The first-order valence-electron chi connectivity index (χ1n) is 13.3. The number of aryl methyl sites for hydroxylation is 2. The summed E-state index contributed by atoms with van der Waals surface area (Å²) in [6, 6.07) is 11.8. The molecule has 2 aliphatic rings. The van der Waals surface area contributed by atoms with E-state index in [9.17, 15) is 4.79 Å². The van der Waals surface area contributed by atoms with Crippen LogP contribution in [0.25, 0.3) is 27.5 Å². The fourth-order valence-electron chi connectivity index (χ4n) is 4.78. The Morgan fingerprint density at radius 2 is 1.95 bits per heavy atom. The quantitative estimate of drug-likeness (QED) is 0.307. The molecule has 1 amide bonds. The molecule has 11 heteroatoms. The second kappa shape index (κ2) is 12.6. The van der Waals surface area contributed by atoms with Crippen LogP contribution < -0.4 is 5.32 Å². The van der Waals surface area contributed by atoms with E-state index in [1.165, 1.54) is 24.5 Å². The summed E-state index contributed by atoms with van der Waals surface area (Å²) in [4.78, 5) is 23.9. The normalized spacial score (nSPS) is 14.5. The number of β-amino-alcohol motifs (C(OH)–C–C–N with tert-alkyl or cyclic N) is 1. The minimum Gasteiger partial charge on any atom is -0.395 e. The van der Waals surface area contributed by atoms with E-state index in [1.807, 2.05) is 48.1 Å². The second-order valence-corrected chi connectivity index (χ2v) is 10.7. The lowest BCUT2D eigenvalue weighted by atomic mass is 9.95. The van der Waals surface area contributed by atoms with Crippen molar-refractivity contribution in [1.29, 1.82) is 5.41 Å². The number of nitrogens with one attached hydrogen (secondary N) is 2. The van der Waals surface area contributed by atoms with Gasteiger partial charge < -0.3 is 20.6 Å². The molecular formula is C29H33N7O3S. The number of fused-ring (bicyclic) bond motifs is 3. The molecule has 3 aromatic heterocycles. The van der Waals surface area contributed by atoms with Crippen LogP contribution in [0.5, 0.6) is 0 Å². The van der Waals surface area contributed by atoms with Crippen molar-refractivity contribution in [1.82, 2.24) is 24.6 Å². The Morgan fingerprint density at radius 1 is 1.18 bits per heavy atom. The summed E-state index contributed by atoms with van der Waals surface area (Å²) in [6.45, 7) is 8.10. The molecule has 1 fully saturated rings. The van der Waals surface area contributed by atoms with Crippen molar-refractivity contribution in [3.8, 4) is 27.5 Å². The lowest BCUT2D eigenvalue weighted by Crippen LogP contribution is -2.37. The number of aliphatic hydroxyl groups excluding tert-OH is 1. The van der Waals surface area contributed by atoms with E-state index in [1.54, 1.807) is 0 Å². The van der Waals surface area contributed by atoms with Gasteiger partial charge in [-0.2, -0.15) is 5.10 Å². The molecule has 0 unspecified atom stereocenters. The largest absolute Gasteiger partial charge is 0.395 e. The van der Waals surface area contributed by atoms with Crippen LogP contribution in [-0.4, -0.2) is 81.3 Å². The predicted octanol–water partition coefficient (Wildman–Crippen LogP) is 3.73. The minimum absolute atomic E-state index is 0.131. The molecule has 208 valence electrons. The zero-order valence-electron chi connectivity index (χ0n) is 22.7. The van der Waals surface area contributed by atoms with Crippen LogP contribution >= 0.6 is 11.3 Å². The molecule has 1 aliphatic heterocycles. The Labute approximate surface area is 237 Å². The maximum absolute atomic E-state index is 11.5. The lowest BCUT2D eigenvalue weighted by molar-refractivity contribution is -0.114. The van der Waals surface area contributed by atoms with E-state index in [-0.39, 0.29) is 12.5 Å². The third-order valence-corrected chi connectivity index (χ3v) is 7.82. The molecule has 1 aliphatic carbocycles. The molecule has 1 aromatic carbocycles. The third-order valence-electron chi connectivity index (χ3n) is 6.80. The van der Waals surface area contributed by atoms with Gasteiger partial charge in [0.15, 0.2) is 5.13 Å². The monoisotopic (exact) mass is 559 g/mol. The molecule has 40 heavy (non-hydrogen) atoms. The van der Waals surface area contributed by atoms with Crippen LogP contribution in [0.4, 0.5) is 5.13 Å². The van der Waals surface area contributed by atoms with Crippen molar-refractivity contribution in [3.63, 3.8) is 0 Å². The van der Waals surface area contributed by atoms with Gasteiger partial charge in [-0.3, -0.25) is 14.7 Å². The summed E-state index contributed by atoms with van der Waals surface area (Å²) in [5.41, 5.74) is 7.75. The molecule has 4 heterocycles. The predicted molar refractivity (Wildman–Crippen MR) is 157 cm³/mol. The van der Waals surface area contributed by atoms with Gasteiger partial charge in [0.05, 0.1) is 47.5 Å². The number of benzene rings is 1. The van der Waals surface area contributed by atoms with Gasteiger partial charge in [-0.05, 0) is 49.6 Å². The van der Waals surface area contributed by atoms with Gasteiger partial charge in [0.1, 0.15) is 0 Å². The van der Waals surface area contributed by atoms with Crippen LogP contribution in [-0.2, 0) is 22.4 Å². The van der Waals surface area contributed by atoms with Crippen LogP contribution in [0, 0.1) is 12.3 Å². The van der Waals surface area contributed by atoms with Gasteiger partial charge in [0.2, 0.25) is 5.91 Å². The molecule has 0 bridgehead atoms. The van der Waals surface area contributed by atoms with Gasteiger partial charge >= 0.3 is 0 Å². The number of carbonyl (C=O) groups is 1. The van der Waals surface area contributed by atoms with E-state index in [0.717, 1.165) is 95.7 Å². The molecule has 4 aromatic rings. The van der Waals surface area contributed by atoms with Gasteiger partial charge in [-0.25, -0.2) is 9.67 Å². The lowest BCUT2D eigenvalue weighted by Gasteiger charge is -2.25. The number of aromatic nitrogens is 4. The molecule has 0 saturated carbocycles. The highest BCUT2D eigenvalue weighted by Crippen LogP contribution is 2.44. The van der Waals surface area contributed by atoms with Crippen LogP contribution in [0.3, 0.4) is 0 Å². The van der Waals surface area contributed by atoms with Gasteiger partial charge in [0, 0.05) is 55.8 Å². The van der Waals surface area contributed by atoms with E-state index < -0.39 is 0 Å². The van der Waals surface area contributed by atoms with Crippen molar-refractivity contribution in [2.75, 3.05) is 44.8 Å². The SMILES string of the molecule is CC(=O)Nc1nc2c(s1)-c1c(c(-c3ccc(C)nc3)nn1-c1ccc(C=N)cc1)CC2.OCCN1CCOCC1. The fourth-order valence-corrected chi connectivity index (χ4v) is 5.89. The van der Waals surface area contributed by atoms with E-state index >= 15 is 0 Å². The maximum atomic E-state index is 11.5. The maximum Gasteiger partial charge on any atom is 0.223 e. The number of ether oxygens (including phenoxy) is 1. The highest BCUT2D eigenvalue weighted by molar-refractivity contribution is 7.19. The summed E-state index contributed by atoms with van der Waals surface area (Å²) in [6.07, 6.45) is 4.80. The first kappa shape index (κ1) is 27.8. The number of rotatable bonds is 6. The summed E-state index contributed by atoms with van der Waals surface area (Å²) >= 11 is 1.48. The van der Waals surface area contributed by atoms with Crippen molar-refractivity contribution in [3.05, 3.63) is 65.1 Å². The van der Waals surface area contributed by atoms with Crippen LogP contribution in [0.15, 0.2) is 42.6 Å². The number of carbonyl (C=O) groups excluding carboxylic acids is 1. The van der Waals surface area contributed by atoms with Gasteiger partial charge in [-0.1, -0.05) is 23.5 Å². The number of hydrogen-bond donors (Lipinski definition) is 3. The fraction of sp³-hybridized carbons (Fsp3) is 0.345. The van der Waals surface area contributed by atoms with E-state index in [0.29, 0.717) is 5.13 Å².